The summed E-state index contributed by atoms with van der Waals surface area (Å²) in [6, 6.07) is 0. The van der Waals surface area contributed by atoms with Crippen LogP contribution >= 0.6 is 0 Å². The van der Waals surface area contributed by atoms with E-state index in [0.717, 1.165) is 0 Å². The van der Waals surface area contributed by atoms with Gasteiger partial charge in [0.1, 0.15) is 0 Å². The second-order valence-electron chi connectivity index (χ2n) is 1.42. The molecule has 0 atom stereocenters. The molecule has 1 radical (unpaired) electrons. The standard InChI is InChI=1S/C6H9Te/c1-2-7-5-3-4-6-7/h3-6H,2H2,1H3. The molecule has 0 spiro atoms. The molecule has 0 nitrogen and oxygen atoms in total. The van der Waals surface area contributed by atoms with Crippen molar-refractivity contribution in [2.45, 2.75) is 11.4 Å². The average molecular weight is 209 g/mol. The van der Waals surface area contributed by atoms with Crippen LogP contribution in [0.15, 0.2) is 20.4 Å². The van der Waals surface area contributed by atoms with Gasteiger partial charge in [-0.15, -0.1) is 0 Å². The first-order chi connectivity index (χ1) is 3.43. The van der Waals surface area contributed by atoms with Crippen molar-refractivity contribution in [3.8, 4) is 0 Å². The normalized spacial score (nSPS) is 19.0. The van der Waals surface area contributed by atoms with Crippen LogP contribution in [0.25, 0.3) is 0 Å². The first-order valence-corrected chi connectivity index (χ1v) is 6.81. The molecule has 1 rings (SSSR count). The third-order valence-corrected chi connectivity index (χ3v) is 5.75. The molecule has 1 aliphatic heterocycles. The van der Waals surface area contributed by atoms with Gasteiger partial charge in [-0.2, -0.15) is 0 Å². The van der Waals surface area contributed by atoms with Crippen molar-refractivity contribution < 1.29 is 0 Å². The minimum absolute atomic E-state index is 0.681. The van der Waals surface area contributed by atoms with Crippen molar-refractivity contribution in [2.75, 3.05) is 0 Å². The van der Waals surface area contributed by atoms with Gasteiger partial charge in [0.2, 0.25) is 0 Å². The van der Waals surface area contributed by atoms with Crippen molar-refractivity contribution in [3.05, 3.63) is 20.4 Å². The van der Waals surface area contributed by atoms with E-state index < -0.39 is 19.6 Å². The number of rotatable bonds is 1. The Hall–Kier alpha value is 0.270. The third-order valence-electron chi connectivity index (χ3n) is 0.951. The summed E-state index contributed by atoms with van der Waals surface area (Å²) in [6.45, 7) is 2.27. The second kappa shape index (κ2) is 2.55. The molecular formula is C6H9Te. The van der Waals surface area contributed by atoms with Gasteiger partial charge in [0.15, 0.2) is 0 Å². The molecule has 0 aromatic heterocycles. The van der Waals surface area contributed by atoms with Gasteiger partial charge in [-0.25, -0.2) is 0 Å². The maximum atomic E-state index is 2.39. The molecule has 0 fully saturated rings. The van der Waals surface area contributed by atoms with Gasteiger partial charge in [0.05, 0.1) is 0 Å². The summed E-state index contributed by atoms with van der Waals surface area (Å²) in [4.78, 5) is 0. The van der Waals surface area contributed by atoms with Gasteiger partial charge in [-0.1, -0.05) is 0 Å². The second-order valence-corrected chi connectivity index (χ2v) is 7.30. The molecular weight excluding hydrogens is 200 g/mol. The predicted molar refractivity (Wildman–Crippen MR) is 34.5 cm³/mol. The summed E-state index contributed by atoms with van der Waals surface area (Å²) >= 11 is -0.681. The van der Waals surface area contributed by atoms with Gasteiger partial charge >= 0.3 is 51.3 Å². The van der Waals surface area contributed by atoms with Crippen LogP contribution in [0.1, 0.15) is 6.92 Å². The molecule has 1 heteroatoms. The van der Waals surface area contributed by atoms with Crippen molar-refractivity contribution in [3.63, 3.8) is 0 Å². The van der Waals surface area contributed by atoms with Crippen LogP contribution in [0, 0.1) is 0 Å². The van der Waals surface area contributed by atoms with E-state index in [4.69, 9.17) is 0 Å². The molecule has 0 aromatic rings. The van der Waals surface area contributed by atoms with Crippen LogP contribution in [0.4, 0.5) is 0 Å². The van der Waals surface area contributed by atoms with E-state index in [1.165, 1.54) is 4.47 Å². The quantitative estimate of drug-likeness (QED) is 0.576. The van der Waals surface area contributed by atoms with Crippen LogP contribution in [-0.2, 0) is 0 Å². The molecule has 0 saturated carbocycles. The van der Waals surface area contributed by atoms with E-state index >= 15 is 0 Å². The van der Waals surface area contributed by atoms with Crippen LogP contribution in [0.5, 0.6) is 0 Å². The van der Waals surface area contributed by atoms with E-state index in [9.17, 15) is 0 Å². The molecule has 0 amide bonds. The van der Waals surface area contributed by atoms with Gasteiger partial charge in [0, 0.05) is 0 Å². The van der Waals surface area contributed by atoms with Crippen molar-refractivity contribution in [1.29, 1.82) is 0 Å². The summed E-state index contributed by atoms with van der Waals surface area (Å²) < 4.78 is 6.20. The monoisotopic (exact) mass is 211 g/mol. The van der Waals surface area contributed by atoms with E-state index in [1.54, 1.807) is 0 Å². The summed E-state index contributed by atoms with van der Waals surface area (Å²) in [5.74, 6) is 0. The zero-order chi connectivity index (χ0) is 5.11. The fourth-order valence-corrected chi connectivity index (χ4v) is 3.56. The number of hydrogen-bond donors (Lipinski definition) is 0. The molecule has 7 heavy (non-hydrogen) atoms. The predicted octanol–water partition coefficient (Wildman–Crippen LogP) is 1.71. The summed E-state index contributed by atoms with van der Waals surface area (Å²) in [7, 11) is 0. The van der Waals surface area contributed by atoms with Crippen molar-refractivity contribution in [2.24, 2.45) is 0 Å². The van der Waals surface area contributed by atoms with Gasteiger partial charge in [-0.05, 0) is 0 Å². The first-order valence-electron chi connectivity index (χ1n) is 2.47. The molecule has 39 valence electrons. The van der Waals surface area contributed by atoms with Crippen LogP contribution in [-0.4, -0.2) is 19.6 Å². The number of hydrogen-bond acceptors (Lipinski definition) is 0. The van der Waals surface area contributed by atoms with E-state index in [0.29, 0.717) is 0 Å². The zero-order valence-corrected chi connectivity index (χ0v) is 6.76. The zero-order valence-electron chi connectivity index (χ0n) is 4.42. The Labute approximate surface area is 51.6 Å². The topological polar surface area (TPSA) is 0 Å². The number of allylic oxidation sites excluding steroid dienone is 2. The molecule has 1 aliphatic rings. The minimum atomic E-state index is -0.681. The fourth-order valence-electron chi connectivity index (χ4n) is 0.530. The van der Waals surface area contributed by atoms with Gasteiger partial charge in [0.25, 0.3) is 0 Å². The molecule has 1 heterocycles. The van der Waals surface area contributed by atoms with Crippen LogP contribution in [0.2, 0.25) is 4.47 Å². The van der Waals surface area contributed by atoms with E-state index in [-0.39, 0.29) is 0 Å². The van der Waals surface area contributed by atoms with Crippen molar-refractivity contribution in [1.82, 2.24) is 0 Å². The van der Waals surface area contributed by atoms with Gasteiger partial charge < -0.3 is 0 Å². The molecule has 0 unspecified atom stereocenters. The van der Waals surface area contributed by atoms with E-state index in [2.05, 4.69) is 27.3 Å². The van der Waals surface area contributed by atoms with E-state index in [1.807, 2.05) is 0 Å². The van der Waals surface area contributed by atoms with Gasteiger partial charge in [-0.3, -0.25) is 0 Å². The van der Waals surface area contributed by atoms with Crippen molar-refractivity contribution >= 4 is 19.6 Å². The molecule has 0 aliphatic carbocycles. The molecule has 0 N–H and O–H groups in total. The maximum absolute atomic E-state index is 2.39. The summed E-state index contributed by atoms with van der Waals surface area (Å²) in [5, 5.41) is 0. The first kappa shape index (κ1) is 5.41. The average Bonchev–Trinajstić information content (AvgIpc) is 2.14. The molecule has 0 bridgehead atoms. The Balaban J connectivity index is 2.44. The molecule has 0 aromatic carbocycles. The Morgan fingerprint density at radius 1 is 1.29 bits per heavy atom. The Morgan fingerprint density at radius 3 is 2.14 bits per heavy atom. The fraction of sp³-hybridized carbons (Fsp3) is 0.333. The molecule has 0 saturated heterocycles. The van der Waals surface area contributed by atoms with Crippen LogP contribution in [0.3, 0.4) is 0 Å². The Bertz CT molecular complexity index is 90.7. The summed E-state index contributed by atoms with van der Waals surface area (Å²) in [5.41, 5.74) is 0. The SMILES string of the molecule is CC[Te]1C=CC=C1. The Kier molecular flexibility index (Phi) is 1.97. The van der Waals surface area contributed by atoms with Crippen LogP contribution < -0.4 is 0 Å². The Morgan fingerprint density at radius 2 is 1.86 bits per heavy atom. The third kappa shape index (κ3) is 1.33. The summed E-state index contributed by atoms with van der Waals surface area (Å²) in [6.07, 6.45) is 4.36.